The SMILES string of the molecule is COC(Cl)=S=N. The highest BCUT2D eigenvalue weighted by atomic mass is 35.5. The molecule has 36 valence electrons. The summed E-state index contributed by atoms with van der Waals surface area (Å²) in [6.07, 6.45) is 0. The summed E-state index contributed by atoms with van der Waals surface area (Å²) in [7, 11) is 1.42. The Labute approximate surface area is 44.6 Å². The van der Waals surface area contributed by atoms with Gasteiger partial charge in [-0.2, -0.15) is 0 Å². The van der Waals surface area contributed by atoms with Crippen LogP contribution in [0.1, 0.15) is 0 Å². The lowest BCUT2D eigenvalue weighted by Gasteiger charge is -1.79. The maximum atomic E-state index is 6.43. The second-order valence-corrected chi connectivity index (χ2v) is 1.69. The third-order valence-corrected chi connectivity index (χ3v) is 0.954. The Balaban J connectivity index is 3.52. The number of nitrogens with one attached hydrogen (secondary N) is 1. The van der Waals surface area contributed by atoms with E-state index in [9.17, 15) is 0 Å². The first-order valence-electron chi connectivity index (χ1n) is 1.21. The van der Waals surface area contributed by atoms with Gasteiger partial charge in [-0.25, -0.2) is 4.78 Å². The third-order valence-electron chi connectivity index (χ3n) is 0.241. The highest BCUT2D eigenvalue weighted by molar-refractivity contribution is 7.70. The molecule has 0 atom stereocenters. The summed E-state index contributed by atoms with van der Waals surface area (Å²) in [5.74, 6) is 0. The molecule has 0 aromatic rings. The van der Waals surface area contributed by atoms with Crippen LogP contribution in [0.4, 0.5) is 0 Å². The zero-order valence-electron chi connectivity index (χ0n) is 3.19. The molecule has 0 saturated heterocycles. The molecular weight excluding hydrogens is 122 g/mol. The van der Waals surface area contributed by atoms with Crippen LogP contribution in [0.25, 0.3) is 0 Å². The second-order valence-electron chi connectivity index (χ2n) is 0.544. The smallest absolute Gasteiger partial charge is 0.216 e. The van der Waals surface area contributed by atoms with Gasteiger partial charge < -0.3 is 4.74 Å². The molecule has 0 bridgehead atoms. The van der Waals surface area contributed by atoms with E-state index in [0.29, 0.717) is 11.1 Å². The monoisotopic (exact) mass is 125 g/mol. The van der Waals surface area contributed by atoms with E-state index in [0.717, 1.165) is 0 Å². The van der Waals surface area contributed by atoms with Crippen molar-refractivity contribution in [2.45, 2.75) is 0 Å². The van der Waals surface area contributed by atoms with Gasteiger partial charge in [0, 0.05) is 7.11 Å². The Kier molecular flexibility index (Phi) is 3.41. The summed E-state index contributed by atoms with van der Waals surface area (Å²) < 4.78 is 10.9. The van der Waals surface area contributed by atoms with Gasteiger partial charge in [0.05, 0.1) is 0 Å². The van der Waals surface area contributed by atoms with Gasteiger partial charge in [0.1, 0.15) is 0 Å². The molecule has 0 radical (unpaired) electrons. The van der Waals surface area contributed by atoms with Crippen molar-refractivity contribution in [2.75, 3.05) is 7.11 Å². The summed E-state index contributed by atoms with van der Waals surface area (Å²) in [4.78, 5) is 0. The van der Waals surface area contributed by atoms with Crippen molar-refractivity contribution in [3.05, 3.63) is 0 Å². The minimum atomic E-state index is 0.148. The van der Waals surface area contributed by atoms with E-state index in [1.54, 1.807) is 0 Å². The Bertz CT molecular complexity index is 87.5. The Hall–Kier alpha value is 0.140. The predicted octanol–water partition coefficient (Wildman–Crippen LogP) is 0.804. The van der Waals surface area contributed by atoms with Gasteiger partial charge in [-0.1, -0.05) is 0 Å². The molecule has 0 spiro atoms. The lowest BCUT2D eigenvalue weighted by molar-refractivity contribution is 0.424. The molecule has 4 heteroatoms. The highest BCUT2D eigenvalue weighted by Gasteiger charge is 1.76. The van der Waals surface area contributed by atoms with Crippen LogP contribution < -0.4 is 0 Å². The van der Waals surface area contributed by atoms with Gasteiger partial charge in [-0.15, -0.1) is 0 Å². The number of hydrogen-bond donors (Lipinski definition) is 1. The molecule has 0 amide bonds. The van der Waals surface area contributed by atoms with E-state index in [1.165, 1.54) is 7.11 Å². The standard InChI is InChI=1S/C2H4ClNOS/c1-5-2(3)6-4/h4H,1H3. The van der Waals surface area contributed by atoms with Crippen LogP contribution in [-0.2, 0) is 15.9 Å². The number of hydrogen-bond acceptors (Lipinski definition) is 2. The summed E-state index contributed by atoms with van der Waals surface area (Å²) >= 11 is 5.75. The minimum absolute atomic E-state index is 0.148. The molecule has 0 rings (SSSR count). The van der Waals surface area contributed by atoms with Gasteiger partial charge in [-0.05, 0) is 22.7 Å². The molecule has 6 heavy (non-hydrogen) atoms. The highest BCUT2D eigenvalue weighted by Crippen LogP contribution is 1.76. The van der Waals surface area contributed by atoms with Crippen molar-refractivity contribution in [2.24, 2.45) is 0 Å². The Morgan fingerprint density at radius 2 is 2.50 bits per heavy atom. The normalized spacial score (nSPS) is 7.67. The zero-order chi connectivity index (χ0) is 4.99. The van der Waals surface area contributed by atoms with Crippen LogP contribution in [-0.4, -0.2) is 11.6 Å². The van der Waals surface area contributed by atoms with E-state index < -0.39 is 0 Å². The Morgan fingerprint density at radius 3 is 2.50 bits per heavy atom. The lowest BCUT2D eigenvalue weighted by atomic mass is 11.5. The average molecular weight is 126 g/mol. The van der Waals surface area contributed by atoms with Gasteiger partial charge in [0.2, 0.25) is 4.51 Å². The van der Waals surface area contributed by atoms with Crippen LogP contribution in [0.5, 0.6) is 0 Å². The summed E-state index contributed by atoms with van der Waals surface area (Å²) in [6.45, 7) is 0. The summed E-state index contributed by atoms with van der Waals surface area (Å²) in [6, 6.07) is 0. The van der Waals surface area contributed by atoms with E-state index >= 15 is 0 Å². The molecule has 0 fully saturated rings. The molecule has 2 nitrogen and oxygen atoms in total. The molecule has 0 aliphatic heterocycles. The fourth-order valence-electron chi connectivity index (χ4n) is 0.0417. The molecule has 1 N–H and O–H groups in total. The van der Waals surface area contributed by atoms with Crippen molar-refractivity contribution in [3.63, 3.8) is 0 Å². The Morgan fingerprint density at radius 1 is 2.00 bits per heavy atom. The van der Waals surface area contributed by atoms with Gasteiger partial charge >= 0.3 is 0 Å². The van der Waals surface area contributed by atoms with Crippen LogP contribution in [0, 0.1) is 4.78 Å². The van der Waals surface area contributed by atoms with E-state index in [-0.39, 0.29) is 4.51 Å². The first kappa shape index (κ1) is 6.14. The fourth-order valence-corrected chi connectivity index (χ4v) is 0.125. The fraction of sp³-hybridized carbons (Fsp3) is 0.500. The molecule has 0 saturated carbocycles. The second kappa shape index (κ2) is 3.33. The minimum Gasteiger partial charge on any atom is -0.329 e. The van der Waals surface area contributed by atoms with Crippen LogP contribution in [0.3, 0.4) is 0 Å². The molecule has 0 aliphatic rings. The van der Waals surface area contributed by atoms with Gasteiger partial charge in [0.25, 0.3) is 0 Å². The van der Waals surface area contributed by atoms with Crippen molar-refractivity contribution in [1.82, 2.24) is 0 Å². The molecule has 0 heterocycles. The van der Waals surface area contributed by atoms with Crippen molar-refractivity contribution in [3.8, 4) is 0 Å². The summed E-state index contributed by atoms with van der Waals surface area (Å²) in [5.41, 5.74) is 0. The molecule has 0 aromatic carbocycles. The van der Waals surface area contributed by atoms with E-state index in [4.69, 9.17) is 16.4 Å². The first-order chi connectivity index (χ1) is 2.81. The lowest BCUT2D eigenvalue weighted by Crippen LogP contribution is -1.84. The van der Waals surface area contributed by atoms with Gasteiger partial charge in [-0.3, -0.25) is 0 Å². The maximum Gasteiger partial charge on any atom is 0.216 e. The number of rotatable bonds is 0. The van der Waals surface area contributed by atoms with Crippen molar-refractivity contribution < 1.29 is 4.74 Å². The summed E-state index contributed by atoms with van der Waals surface area (Å²) in [5, 5.41) is 0. The molecule has 0 unspecified atom stereocenters. The molecule has 0 aromatic heterocycles. The molecular formula is C2H4ClNOS. The van der Waals surface area contributed by atoms with Gasteiger partial charge in [0.15, 0.2) is 0 Å². The van der Waals surface area contributed by atoms with Crippen LogP contribution in [0.2, 0.25) is 0 Å². The zero-order valence-corrected chi connectivity index (χ0v) is 4.77. The van der Waals surface area contributed by atoms with Crippen molar-refractivity contribution in [1.29, 1.82) is 4.78 Å². The quantitative estimate of drug-likeness (QED) is 0.377. The average Bonchev–Trinajstić information content (AvgIpc) is 1.65. The third kappa shape index (κ3) is 2.38. The topological polar surface area (TPSA) is 33.1 Å². The predicted molar refractivity (Wildman–Crippen MR) is 28.0 cm³/mol. The maximum absolute atomic E-state index is 6.43. The molecule has 0 aliphatic carbocycles. The van der Waals surface area contributed by atoms with Crippen LogP contribution >= 0.6 is 11.6 Å². The number of ether oxygens (including phenoxy) is 1. The first-order valence-corrected chi connectivity index (χ1v) is 2.40. The van der Waals surface area contributed by atoms with E-state index in [2.05, 4.69) is 4.74 Å². The van der Waals surface area contributed by atoms with E-state index in [1.807, 2.05) is 0 Å². The number of methoxy groups -OCH3 is 1. The van der Waals surface area contributed by atoms with Crippen LogP contribution in [0.15, 0.2) is 0 Å². The van der Waals surface area contributed by atoms with Crippen molar-refractivity contribution >= 4 is 27.3 Å². The largest absolute Gasteiger partial charge is 0.329 e. The number of halogens is 1.